The van der Waals surface area contributed by atoms with Crippen molar-refractivity contribution < 1.29 is 4.74 Å². The third kappa shape index (κ3) is 2.50. The molecule has 0 spiro atoms. The maximum atomic E-state index is 5.09. The van der Waals surface area contributed by atoms with Gasteiger partial charge in [-0.3, -0.25) is 4.98 Å². The summed E-state index contributed by atoms with van der Waals surface area (Å²) in [5.74, 6) is 0.715. The van der Waals surface area contributed by atoms with Crippen molar-refractivity contribution in [3.63, 3.8) is 0 Å². The van der Waals surface area contributed by atoms with Crippen molar-refractivity contribution in [2.45, 2.75) is 6.61 Å². The Labute approximate surface area is 98.3 Å². The number of hydrogen-bond acceptors (Lipinski definition) is 4. The Balaban J connectivity index is 2.45. The zero-order valence-corrected chi connectivity index (χ0v) is 9.62. The molecule has 5 heteroatoms. The van der Waals surface area contributed by atoms with Gasteiger partial charge in [-0.2, -0.15) is 0 Å². The fourth-order valence-corrected chi connectivity index (χ4v) is 1.61. The molecule has 2 rings (SSSR count). The molecule has 0 aliphatic heterocycles. The van der Waals surface area contributed by atoms with Gasteiger partial charge in [-0.1, -0.05) is 12.2 Å². The van der Waals surface area contributed by atoms with Crippen molar-refractivity contribution in [1.82, 2.24) is 15.0 Å². The summed E-state index contributed by atoms with van der Waals surface area (Å²) in [6.45, 7) is 0.486. The predicted octanol–water partition coefficient (Wildman–Crippen LogP) is 2.35. The van der Waals surface area contributed by atoms with Crippen molar-refractivity contribution in [2.24, 2.45) is 0 Å². The van der Waals surface area contributed by atoms with Gasteiger partial charge in [-0.15, -0.1) is 0 Å². The first-order valence-electron chi connectivity index (χ1n) is 4.79. The van der Waals surface area contributed by atoms with E-state index in [0.29, 0.717) is 17.1 Å². The molecule has 0 aliphatic rings. The smallest absolute Gasteiger partial charge is 0.140 e. The minimum atomic E-state index is 0.486. The molecule has 2 aromatic heterocycles. The van der Waals surface area contributed by atoms with Gasteiger partial charge in [-0.05, 0) is 18.2 Å². The third-order valence-corrected chi connectivity index (χ3v) is 2.24. The lowest BCUT2D eigenvalue weighted by atomic mass is 10.2. The highest BCUT2D eigenvalue weighted by atomic mass is 32.1. The van der Waals surface area contributed by atoms with Gasteiger partial charge in [0, 0.05) is 30.8 Å². The Morgan fingerprint density at radius 1 is 1.50 bits per heavy atom. The minimum Gasteiger partial charge on any atom is -0.378 e. The first-order chi connectivity index (χ1) is 7.79. The van der Waals surface area contributed by atoms with Crippen LogP contribution in [0, 0.1) is 4.64 Å². The zero-order valence-electron chi connectivity index (χ0n) is 8.80. The fourth-order valence-electron chi connectivity index (χ4n) is 1.38. The fraction of sp³-hybridized carbons (Fsp3) is 0.182. The molecule has 0 bridgehead atoms. The molecule has 16 heavy (non-hydrogen) atoms. The van der Waals surface area contributed by atoms with Crippen molar-refractivity contribution >= 4 is 12.2 Å². The zero-order chi connectivity index (χ0) is 11.4. The summed E-state index contributed by atoms with van der Waals surface area (Å²) in [5, 5.41) is 0. The van der Waals surface area contributed by atoms with Gasteiger partial charge in [0.1, 0.15) is 10.5 Å². The lowest BCUT2D eigenvalue weighted by Crippen LogP contribution is -1.97. The lowest BCUT2D eigenvalue weighted by molar-refractivity contribution is 0.181. The van der Waals surface area contributed by atoms with E-state index >= 15 is 0 Å². The van der Waals surface area contributed by atoms with Gasteiger partial charge in [-0.25, -0.2) is 4.98 Å². The van der Waals surface area contributed by atoms with Gasteiger partial charge in [0.25, 0.3) is 0 Å². The number of rotatable bonds is 3. The molecular formula is C11H11N3OS. The summed E-state index contributed by atoms with van der Waals surface area (Å²) in [4.78, 5) is 11.5. The molecule has 0 fully saturated rings. The third-order valence-electron chi connectivity index (χ3n) is 2.03. The van der Waals surface area contributed by atoms with Crippen LogP contribution in [0.15, 0.2) is 30.6 Å². The number of aromatic nitrogens is 3. The lowest BCUT2D eigenvalue weighted by Gasteiger charge is -2.04. The first kappa shape index (κ1) is 10.9. The van der Waals surface area contributed by atoms with E-state index in [-0.39, 0.29) is 0 Å². The second-order valence-electron chi connectivity index (χ2n) is 3.27. The van der Waals surface area contributed by atoms with Crippen LogP contribution in [0.25, 0.3) is 11.4 Å². The van der Waals surface area contributed by atoms with Crippen LogP contribution < -0.4 is 0 Å². The molecule has 0 saturated heterocycles. The molecule has 0 unspecified atom stereocenters. The topological polar surface area (TPSA) is 50.8 Å². The quantitative estimate of drug-likeness (QED) is 0.827. The van der Waals surface area contributed by atoms with Gasteiger partial charge in [0.05, 0.1) is 6.61 Å². The van der Waals surface area contributed by atoms with Crippen LogP contribution >= 0.6 is 12.2 Å². The number of nitrogens with zero attached hydrogens (tertiary/aromatic N) is 2. The largest absolute Gasteiger partial charge is 0.378 e. The molecule has 0 aliphatic carbocycles. The predicted molar refractivity (Wildman–Crippen MR) is 63.4 cm³/mol. The molecule has 0 radical (unpaired) electrons. The Hall–Kier alpha value is -1.59. The highest BCUT2D eigenvalue weighted by Gasteiger charge is 2.01. The van der Waals surface area contributed by atoms with Crippen LogP contribution in [-0.2, 0) is 11.3 Å². The summed E-state index contributed by atoms with van der Waals surface area (Å²) in [6.07, 6.45) is 3.46. The van der Waals surface area contributed by atoms with Crippen LogP contribution in [0.1, 0.15) is 5.69 Å². The van der Waals surface area contributed by atoms with Gasteiger partial charge in [0.15, 0.2) is 0 Å². The van der Waals surface area contributed by atoms with Crippen molar-refractivity contribution in [2.75, 3.05) is 7.11 Å². The molecule has 1 N–H and O–H groups in total. The molecule has 0 saturated carbocycles. The molecule has 82 valence electrons. The minimum absolute atomic E-state index is 0.486. The monoisotopic (exact) mass is 233 g/mol. The van der Waals surface area contributed by atoms with Crippen molar-refractivity contribution in [1.29, 1.82) is 0 Å². The maximum absolute atomic E-state index is 5.09. The van der Waals surface area contributed by atoms with Crippen LogP contribution in [0.4, 0.5) is 0 Å². The molecular weight excluding hydrogens is 222 g/mol. The molecule has 2 aromatic rings. The second kappa shape index (κ2) is 4.96. The molecule has 0 aromatic carbocycles. The number of hydrogen-bond donors (Lipinski definition) is 1. The van der Waals surface area contributed by atoms with E-state index in [4.69, 9.17) is 17.0 Å². The number of methoxy groups -OCH3 is 1. The van der Waals surface area contributed by atoms with E-state index in [1.807, 2.05) is 12.1 Å². The Morgan fingerprint density at radius 2 is 2.38 bits per heavy atom. The highest BCUT2D eigenvalue weighted by Crippen LogP contribution is 2.13. The maximum Gasteiger partial charge on any atom is 0.140 e. The van der Waals surface area contributed by atoms with Gasteiger partial charge >= 0.3 is 0 Å². The van der Waals surface area contributed by atoms with E-state index in [2.05, 4.69) is 15.0 Å². The van der Waals surface area contributed by atoms with Crippen molar-refractivity contribution in [3.8, 4) is 11.4 Å². The van der Waals surface area contributed by atoms with E-state index in [1.165, 1.54) is 0 Å². The van der Waals surface area contributed by atoms with Crippen molar-refractivity contribution in [3.05, 3.63) is 40.9 Å². The Kier molecular flexibility index (Phi) is 3.38. The molecule has 0 atom stereocenters. The van der Waals surface area contributed by atoms with Crippen LogP contribution in [0.5, 0.6) is 0 Å². The molecule has 2 heterocycles. The summed E-state index contributed by atoms with van der Waals surface area (Å²) in [6, 6.07) is 5.58. The standard InChI is InChI=1S/C11H11N3OS/c1-15-7-9-5-10(16)14-11(13-9)8-3-2-4-12-6-8/h2-6H,7H2,1H3,(H,13,14,16). The molecule has 4 nitrogen and oxygen atoms in total. The average Bonchev–Trinajstić information content (AvgIpc) is 2.30. The number of H-pyrrole nitrogens is 1. The van der Waals surface area contributed by atoms with Gasteiger partial charge in [0.2, 0.25) is 0 Å². The number of nitrogens with one attached hydrogen (secondary N) is 1. The summed E-state index contributed by atoms with van der Waals surface area (Å²) in [7, 11) is 1.64. The van der Waals surface area contributed by atoms with E-state index in [1.54, 1.807) is 25.6 Å². The van der Waals surface area contributed by atoms with E-state index < -0.39 is 0 Å². The average molecular weight is 233 g/mol. The number of aromatic amines is 1. The Bertz CT molecular complexity index is 524. The van der Waals surface area contributed by atoms with Crippen LogP contribution in [0.2, 0.25) is 0 Å². The summed E-state index contributed by atoms with van der Waals surface area (Å²) in [5.41, 5.74) is 1.81. The second-order valence-corrected chi connectivity index (χ2v) is 3.69. The van der Waals surface area contributed by atoms with Gasteiger partial charge < -0.3 is 9.72 Å². The summed E-state index contributed by atoms with van der Waals surface area (Å²) < 4.78 is 5.60. The number of pyridine rings is 1. The van der Waals surface area contributed by atoms with Crippen LogP contribution in [0.3, 0.4) is 0 Å². The normalized spacial score (nSPS) is 10.3. The van der Waals surface area contributed by atoms with E-state index in [0.717, 1.165) is 11.3 Å². The van der Waals surface area contributed by atoms with E-state index in [9.17, 15) is 0 Å². The summed E-state index contributed by atoms with van der Waals surface area (Å²) >= 11 is 5.09. The first-order valence-corrected chi connectivity index (χ1v) is 5.20. The Morgan fingerprint density at radius 3 is 3.06 bits per heavy atom. The SMILES string of the molecule is COCc1cc(=S)nc(-c2cccnc2)[nH]1. The number of ether oxygens (including phenoxy) is 1. The van der Waals surface area contributed by atoms with Crippen LogP contribution in [-0.4, -0.2) is 22.1 Å². The molecule has 0 amide bonds. The highest BCUT2D eigenvalue weighted by molar-refractivity contribution is 7.71.